The van der Waals surface area contributed by atoms with E-state index in [0.717, 1.165) is 13.0 Å². The summed E-state index contributed by atoms with van der Waals surface area (Å²) in [6.07, 6.45) is 5.54. The summed E-state index contributed by atoms with van der Waals surface area (Å²) < 4.78 is 0. The summed E-state index contributed by atoms with van der Waals surface area (Å²) in [5, 5.41) is 3.24. The van der Waals surface area contributed by atoms with Crippen LogP contribution in [0.2, 0.25) is 0 Å². The zero-order valence-electron chi connectivity index (χ0n) is 8.35. The molecule has 0 bridgehead atoms. The molecule has 2 rings (SSSR count). The summed E-state index contributed by atoms with van der Waals surface area (Å²) in [4.78, 5) is 7.84. The van der Waals surface area contributed by atoms with Crippen molar-refractivity contribution in [3.63, 3.8) is 0 Å². The molecule has 1 aromatic rings. The van der Waals surface area contributed by atoms with Crippen molar-refractivity contribution in [3.8, 4) is 0 Å². The molecule has 0 unspecified atom stereocenters. The highest BCUT2D eigenvalue weighted by atomic mass is 15.0. The molecular weight excluding hydrogens is 162 g/mol. The first-order chi connectivity index (χ1) is 6.30. The van der Waals surface area contributed by atoms with Crippen LogP contribution in [0.25, 0.3) is 0 Å². The van der Waals surface area contributed by atoms with Crippen LogP contribution < -0.4 is 5.32 Å². The third-order valence-corrected chi connectivity index (χ3v) is 2.88. The zero-order valence-corrected chi connectivity index (χ0v) is 8.35. The van der Waals surface area contributed by atoms with Crippen molar-refractivity contribution in [2.75, 3.05) is 13.6 Å². The van der Waals surface area contributed by atoms with Gasteiger partial charge in [-0.2, -0.15) is 0 Å². The molecule has 3 heteroatoms. The summed E-state index contributed by atoms with van der Waals surface area (Å²) in [6.45, 7) is 3.19. The van der Waals surface area contributed by atoms with Crippen molar-refractivity contribution in [1.29, 1.82) is 0 Å². The summed E-state index contributed by atoms with van der Waals surface area (Å²) in [6, 6.07) is 0. The molecule has 1 aliphatic rings. The van der Waals surface area contributed by atoms with Crippen LogP contribution in [0.1, 0.15) is 31.3 Å². The Kier molecular flexibility index (Phi) is 2.12. The number of H-pyrrole nitrogens is 1. The van der Waals surface area contributed by atoms with Crippen molar-refractivity contribution in [2.24, 2.45) is 0 Å². The smallest absolute Gasteiger partial charge is 0.113 e. The predicted octanol–water partition coefficient (Wildman–Crippen LogP) is 1.22. The SMILES string of the molecule is CCc1cnc(C2(CNC)CC2)[nH]1. The van der Waals surface area contributed by atoms with Crippen LogP contribution >= 0.6 is 0 Å². The molecule has 13 heavy (non-hydrogen) atoms. The minimum absolute atomic E-state index is 0.335. The van der Waals surface area contributed by atoms with Gasteiger partial charge in [0.15, 0.2) is 0 Å². The van der Waals surface area contributed by atoms with E-state index < -0.39 is 0 Å². The zero-order chi connectivity index (χ0) is 9.31. The van der Waals surface area contributed by atoms with Crippen LogP contribution in [0.5, 0.6) is 0 Å². The molecule has 0 aromatic carbocycles. The van der Waals surface area contributed by atoms with Crippen LogP contribution in [0.15, 0.2) is 6.20 Å². The summed E-state index contributed by atoms with van der Waals surface area (Å²) in [7, 11) is 2.00. The number of hydrogen-bond donors (Lipinski definition) is 2. The van der Waals surface area contributed by atoms with Crippen LogP contribution in [-0.2, 0) is 11.8 Å². The Balaban J connectivity index is 2.15. The maximum atomic E-state index is 4.44. The molecule has 0 spiro atoms. The van der Waals surface area contributed by atoms with Crippen molar-refractivity contribution in [1.82, 2.24) is 15.3 Å². The molecule has 0 aliphatic heterocycles. The number of nitrogens with zero attached hydrogens (tertiary/aromatic N) is 1. The first-order valence-electron chi connectivity index (χ1n) is 5.00. The minimum Gasteiger partial charge on any atom is -0.345 e. The van der Waals surface area contributed by atoms with E-state index in [9.17, 15) is 0 Å². The number of imidazole rings is 1. The lowest BCUT2D eigenvalue weighted by atomic mass is 10.1. The number of rotatable bonds is 4. The molecule has 0 radical (unpaired) electrons. The van der Waals surface area contributed by atoms with Gasteiger partial charge in [0.2, 0.25) is 0 Å². The highest BCUT2D eigenvalue weighted by Crippen LogP contribution is 2.46. The van der Waals surface area contributed by atoms with Gasteiger partial charge in [-0.15, -0.1) is 0 Å². The Bertz CT molecular complexity index is 286. The second kappa shape index (κ2) is 3.14. The fourth-order valence-electron chi connectivity index (χ4n) is 1.79. The molecule has 1 aliphatic carbocycles. The Hall–Kier alpha value is -0.830. The van der Waals surface area contributed by atoms with Crippen LogP contribution in [0, 0.1) is 0 Å². The third kappa shape index (κ3) is 1.48. The molecule has 0 amide bonds. The molecule has 1 fully saturated rings. The van der Waals surface area contributed by atoms with E-state index in [2.05, 4.69) is 22.2 Å². The van der Waals surface area contributed by atoms with E-state index >= 15 is 0 Å². The van der Waals surface area contributed by atoms with Crippen molar-refractivity contribution < 1.29 is 0 Å². The summed E-state index contributed by atoms with van der Waals surface area (Å²) in [5.74, 6) is 1.18. The first-order valence-corrected chi connectivity index (χ1v) is 5.00. The van der Waals surface area contributed by atoms with Crippen LogP contribution in [-0.4, -0.2) is 23.6 Å². The van der Waals surface area contributed by atoms with Gasteiger partial charge in [0, 0.05) is 23.9 Å². The Morgan fingerprint density at radius 1 is 1.62 bits per heavy atom. The van der Waals surface area contributed by atoms with Gasteiger partial charge in [-0.25, -0.2) is 4.98 Å². The van der Waals surface area contributed by atoms with Gasteiger partial charge in [0.1, 0.15) is 5.82 Å². The third-order valence-electron chi connectivity index (χ3n) is 2.88. The van der Waals surface area contributed by atoms with Gasteiger partial charge in [0.05, 0.1) is 0 Å². The first kappa shape index (κ1) is 8.75. The highest BCUT2D eigenvalue weighted by molar-refractivity contribution is 5.21. The average Bonchev–Trinajstić information content (AvgIpc) is 2.78. The topological polar surface area (TPSA) is 40.7 Å². The molecule has 2 N–H and O–H groups in total. The average molecular weight is 179 g/mol. The van der Waals surface area contributed by atoms with Crippen molar-refractivity contribution >= 4 is 0 Å². The van der Waals surface area contributed by atoms with Gasteiger partial charge in [-0.1, -0.05) is 6.92 Å². The molecule has 1 heterocycles. The van der Waals surface area contributed by atoms with Crippen LogP contribution in [0.4, 0.5) is 0 Å². The Morgan fingerprint density at radius 2 is 2.38 bits per heavy atom. The number of aryl methyl sites for hydroxylation is 1. The van der Waals surface area contributed by atoms with Gasteiger partial charge >= 0.3 is 0 Å². The lowest BCUT2D eigenvalue weighted by molar-refractivity contribution is 0.593. The quantitative estimate of drug-likeness (QED) is 0.729. The van der Waals surface area contributed by atoms with Gasteiger partial charge in [-0.3, -0.25) is 0 Å². The van der Waals surface area contributed by atoms with Crippen LogP contribution in [0.3, 0.4) is 0 Å². The predicted molar refractivity (Wildman–Crippen MR) is 52.8 cm³/mol. The molecule has 1 aromatic heterocycles. The second-order valence-corrected chi connectivity index (χ2v) is 3.92. The van der Waals surface area contributed by atoms with Gasteiger partial charge in [-0.05, 0) is 26.3 Å². The minimum atomic E-state index is 0.335. The lowest BCUT2D eigenvalue weighted by Gasteiger charge is -2.10. The van der Waals surface area contributed by atoms with E-state index in [1.807, 2.05) is 13.2 Å². The molecule has 0 saturated heterocycles. The highest BCUT2D eigenvalue weighted by Gasteiger charge is 2.46. The van der Waals surface area contributed by atoms with Gasteiger partial charge < -0.3 is 10.3 Å². The maximum Gasteiger partial charge on any atom is 0.113 e. The standard InChI is InChI=1S/C10H17N3/c1-3-8-6-12-9(13-8)10(4-5-10)7-11-2/h6,11H,3-5,7H2,1-2H3,(H,12,13). The summed E-state index contributed by atoms with van der Waals surface area (Å²) >= 11 is 0. The number of likely N-dealkylation sites (N-methyl/N-ethyl adjacent to an activating group) is 1. The molecule has 72 valence electrons. The Labute approximate surface area is 79.0 Å². The number of hydrogen-bond acceptors (Lipinski definition) is 2. The normalized spacial score (nSPS) is 18.9. The largest absolute Gasteiger partial charge is 0.345 e. The van der Waals surface area contributed by atoms with E-state index in [-0.39, 0.29) is 0 Å². The lowest BCUT2D eigenvalue weighted by Crippen LogP contribution is -2.24. The number of aromatic amines is 1. The second-order valence-electron chi connectivity index (χ2n) is 3.92. The molecule has 3 nitrogen and oxygen atoms in total. The van der Waals surface area contributed by atoms with Crippen molar-refractivity contribution in [2.45, 2.75) is 31.6 Å². The van der Waals surface area contributed by atoms with E-state index in [4.69, 9.17) is 0 Å². The summed E-state index contributed by atoms with van der Waals surface area (Å²) in [5.41, 5.74) is 1.58. The monoisotopic (exact) mass is 179 g/mol. The maximum absolute atomic E-state index is 4.44. The Morgan fingerprint density at radius 3 is 2.85 bits per heavy atom. The van der Waals surface area contributed by atoms with E-state index in [1.165, 1.54) is 24.4 Å². The molecular formula is C10H17N3. The van der Waals surface area contributed by atoms with Gasteiger partial charge in [0.25, 0.3) is 0 Å². The fraction of sp³-hybridized carbons (Fsp3) is 0.700. The fourth-order valence-corrected chi connectivity index (χ4v) is 1.79. The number of nitrogens with one attached hydrogen (secondary N) is 2. The van der Waals surface area contributed by atoms with Crippen molar-refractivity contribution in [3.05, 3.63) is 17.7 Å². The molecule has 0 atom stereocenters. The molecule has 1 saturated carbocycles. The van der Waals surface area contributed by atoms with E-state index in [0.29, 0.717) is 5.41 Å². The van der Waals surface area contributed by atoms with E-state index in [1.54, 1.807) is 0 Å². The number of aromatic nitrogens is 2.